The van der Waals surface area contributed by atoms with E-state index >= 15 is 0 Å². The number of rotatable bonds is 8. The van der Waals surface area contributed by atoms with E-state index < -0.39 is 0 Å². The number of nitrogens with one attached hydrogen (secondary N) is 1. The quantitative estimate of drug-likeness (QED) is 0.625. The number of hydrogen-bond donors (Lipinski definition) is 1. The number of benzene rings is 1. The van der Waals surface area contributed by atoms with Crippen molar-refractivity contribution in [2.75, 3.05) is 13.1 Å². The molecular formula is C21H24N4O4. The number of likely N-dealkylation sites (N-methyl/N-ethyl adjacent to an activating group) is 1. The van der Waals surface area contributed by atoms with Crippen LogP contribution >= 0.6 is 0 Å². The fourth-order valence-electron chi connectivity index (χ4n) is 3.17. The highest BCUT2D eigenvalue weighted by Crippen LogP contribution is 2.14. The van der Waals surface area contributed by atoms with Crippen LogP contribution < -0.4 is 10.9 Å². The first-order valence-corrected chi connectivity index (χ1v) is 9.59. The maximum absolute atomic E-state index is 12.8. The van der Waals surface area contributed by atoms with Gasteiger partial charge < -0.3 is 14.6 Å². The molecule has 0 unspecified atom stereocenters. The van der Waals surface area contributed by atoms with Crippen molar-refractivity contribution in [1.29, 1.82) is 0 Å². The Bertz CT molecular complexity index is 1050. The van der Waals surface area contributed by atoms with Crippen molar-refractivity contribution in [3.8, 4) is 0 Å². The van der Waals surface area contributed by atoms with Crippen molar-refractivity contribution < 1.29 is 14.0 Å². The van der Waals surface area contributed by atoms with Gasteiger partial charge in [0.05, 0.1) is 30.3 Å². The summed E-state index contributed by atoms with van der Waals surface area (Å²) in [5.41, 5.74) is 0.115. The minimum Gasteiger partial charge on any atom is -0.467 e. The molecule has 0 saturated heterocycles. The molecule has 29 heavy (non-hydrogen) atoms. The third kappa shape index (κ3) is 4.71. The normalized spacial score (nSPS) is 10.8. The summed E-state index contributed by atoms with van der Waals surface area (Å²) in [7, 11) is 0. The molecule has 0 saturated carbocycles. The Morgan fingerprint density at radius 3 is 2.48 bits per heavy atom. The lowest BCUT2D eigenvalue weighted by Crippen LogP contribution is -2.35. The van der Waals surface area contributed by atoms with Crippen molar-refractivity contribution in [3.05, 3.63) is 64.5 Å². The average molecular weight is 396 g/mol. The van der Waals surface area contributed by atoms with Gasteiger partial charge in [0.1, 0.15) is 12.3 Å². The number of hydrogen-bond acceptors (Lipinski definition) is 5. The zero-order valence-corrected chi connectivity index (χ0v) is 16.6. The predicted octanol–water partition coefficient (Wildman–Crippen LogP) is 1.72. The molecule has 3 rings (SSSR count). The Hall–Kier alpha value is -3.42. The van der Waals surface area contributed by atoms with Crippen molar-refractivity contribution in [2.45, 2.75) is 33.4 Å². The third-order valence-electron chi connectivity index (χ3n) is 4.71. The minimum absolute atomic E-state index is 0.0660. The number of carbonyl (C=O) groups excluding carboxylic acids is 2. The number of amides is 2. The Morgan fingerprint density at radius 1 is 1.10 bits per heavy atom. The summed E-state index contributed by atoms with van der Waals surface area (Å²) >= 11 is 0. The van der Waals surface area contributed by atoms with Gasteiger partial charge >= 0.3 is 0 Å². The highest BCUT2D eigenvalue weighted by atomic mass is 16.3. The fourth-order valence-corrected chi connectivity index (χ4v) is 3.17. The third-order valence-corrected chi connectivity index (χ3v) is 4.71. The molecule has 0 bridgehead atoms. The van der Waals surface area contributed by atoms with Gasteiger partial charge in [0.15, 0.2) is 0 Å². The van der Waals surface area contributed by atoms with Crippen LogP contribution in [0.5, 0.6) is 0 Å². The molecule has 0 aliphatic carbocycles. The van der Waals surface area contributed by atoms with E-state index in [0.29, 0.717) is 35.3 Å². The van der Waals surface area contributed by atoms with Crippen LogP contribution in [0.3, 0.4) is 0 Å². The van der Waals surface area contributed by atoms with Gasteiger partial charge in [-0.25, -0.2) is 4.68 Å². The van der Waals surface area contributed by atoms with Crippen LogP contribution in [0.25, 0.3) is 10.8 Å². The largest absolute Gasteiger partial charge is 0.467 e. The van der Waals surface area contributed by atoms with E-state index in [1.54, 1.807) is 41.3 Å². The van der Waals surface area contributed by atoms with E-state index in [-0.39, 0.29) is 36.9 Å². The lowest BCUT2D eigenvalue weighted by atomic mass is 10.1. The van der Waals surface area contributed by atoms with Gasteiger partial charge in [0, 0.05) is 18.5 Å². The standard InChI is InChI=1S/C21H24N4O4/c1-3-24(4-2)20(27)12-18-16-9-5-6-10-17(16)21(28)25(23-18)14-19(26)22-13-15-8-7-11-29-15/h5-11H,3-4,12-14H2,1-2H3,(H,22,26). The summed E-state index contributed by atoms with van der Waals surface area (Å²) in [6.45, 7) is 5.01. The first-order chi connectivity index (χ1) is 14.0. The fraction of sp³-hybridized carbons (Fsp3) is 0.333. The Kier molecular flexibility index (Phi) is 6.43. The highest BCUT2D eigenvalue weighted by molar-refractivity contribution is 5.88. The van der Waals surface area contributed by atoms with E-state index in [1.165, 1.54) is 6.26 Å². The molecule has 1 aromatic carbocycles. The van der Waals surface area contributed by atoms with Crippen LogP contribution in [-0.2, 0) is 29.1 Å². The predicted molar refractivity (Wildman–Crippen MR) is 108 cm³/mol. The molecule has 0 spiro atoms. The molecule has 2 aromatic heterocycles. The van der Waals surface area contributed by atoms with E-state index in [9.17, 15) is 14.4 Å². The summed E-state index contributed by atoms with van der Waals surface area (Å²) in [6, 6.07) is 10.5. The van der Waals surface area contributed by atoms with Crippen molar-refractivity contribution in [1.82, 2.24) is 20.0 Å². The van der Waals surface area contributed by atoms with Crippen LogP contribution in [0.15, 0.2) is 51.9 Å². The Labute approximate surface area is 168 Å². The molecule has 152 valence electrons. The highest BCUT2D eigenvalue weighted by Gasteiger charge is 2.17. The Morgan fingerprint density at radius 2 is 1.83 bits per heavy atom. The van der Waals surface area contributed by atoms with Crippen LogP contribution in [-0.4, -0.2) is 39.6 Å². The summed E-state index contributed by atoms with van der Waals surface area (Å²) in [6.07, 6.45) is 1.59. The van der Waals surface area contributed by atoms with Crippen LogP contribution in [0, 0.1) is 0 Å². The smallest absolute Gasteiger partial charge is 0.275 e. The number of aromatic nitrogens is 2. The maximum Gasteiger partial charge on any atom is 0.275 e. The first kappa shape index (κ1) is 20.3. The van der Waals surface area contributed by atoms with E-state index in [4.69, 9.17) is 4.42 Å². The van der Waals surface area contributed by atoms with Gasteiger partial charge in [0.25, 0.3) is 5.56 Å². The summed E-state index contributed by atoms with van der Waals surface area (Å²) in [5, 5.41) is 8.11. The number of furan rings is 1. The molecular weight excluding hydrogens is 372 g/mol. The molecule has 0 aliphatic heterocycles. The molecule has 8 heteroatoms. The molecule has 2 heterocycles. The van der Waals surface area contributed by atoms with Gasteiger partial charge in [-0.15, -0.1) is 0 Å². The number of nitrogens with zero attached hydrogens (tertiary/aromatic N) is 3. The zero-order chi connectivity index (χ0) is 20.8. The molecule has 8 nitrogen and oxygen atoms in total. The van der Waals surface area contributed by atoms with Crippen LogP contribution in [0.1, 0.15) is 25.3 Å². The van der Waals surface area contributed by atoms with E-state index in [0.717, 1.165) is 4.68 Å². The molecule has 2 amide bonds. The van der Waals surface area contributed by atoms with Gasteiger partial charge in [-0.1, -0.05) is 18.2 Å². The van der Waals surface area contributed by atoms with Gasteiger partial charge in [-0.2, -0.15) is 5.10 Å². The number of carbonyl (C=O) groups is 2. The maximum atomic E-state index is 12.8. The second kappa shape index (κ2) is 9.18. The molecule has 0 aliphatic rings. The second-order valence-corrected chi connectivity index (χ2v) is 6.55. The lowest BCUT2D eigenvalue weighted by molar-refractivity contribution is -0.130. The van der Waals surface area contributed by atoms with Gasteiger partial charge in [0.2, 0.25) is 11.8 Å². The van der Waals surface area contributed by atoms with E-state index in [1.807, 2.05) is 13.8 Å². The van der Waals surface area contributed by atoms with Crippen molar-refractivity contribution in [3.63, 3.8) is 0 Å². The minimum atomic E-state index is -0.368. The summed E-state index contributed by atoms with van der Waals surface area (Å²) in [5.74, 6) is 0.176. The zero-order valence-electron chi connectivity index (χ0n) is 16.6. The molecule has 0 atom stereocenters. The van der Waals surface area contributed by atoms with Crippen LogP contribution in [0.2, 0.25) is 0 Å². The molecule has 0 radical (unpaired) electrons. The molecule has 0 fully saturated rings. The molecule has 3 aromatic rings. The summed E-state index contributed by atoms with van der Waals surface area (Å²) in [4.78, 5) is 39.4. The molecule has 1 N–H and O–H groups in total. The number of fused-ring (bicyclic) bond motifs is 1. The van der Waals surface area contributed by atoms with Crippen molar-refractivity contribution >= 4 is 22.6 Å². The average Bonchev–Trinajstić information content (AvgIpc) is 3.24. The van der Waals surface area contributed by atoms with Crippen LogP contribution in [0.4, 0.5) is 0 Å². The van der Waals surface area contributed by atoms with Gasteiger partial charge in [-0.05, 0) is 32.0 Å². The topological polar surface area (TPSA) is 97.4 Å². The summed E-state index contributed by atoms with van der Waals surface area (Å²) < 4.78 is 6.30. The first-order valence-electron chi connectivity index (χ1n) is 9.59. The SMILES string of the molecule is CCN(CC)C(=O)Cc1nn(CC(=O)NCc2ccco2)c(=O)c2ccccc12. The van der Waals surface area contributed by atoms with Crippen molar-refractivity contribution in [2.24, 2.45) is 0 Å². The van der Waals surface area contributed by atoms with E-state index in [2.05, 4.69) is 10.4 Å². The lowest BCUT2D eigenvalue weighted by Gasteiger charge is -2.19. The Balaban J connectivity index is 1.87. The second-order valence-electron chi connectivity index (χ2n) is 6.55. The monoisotopic (exact) mass is 396 g/mol. The van der Waals surface area contributed by atoms with Gasteiger partial charge in [-0.3, -0.25) is 14.4 Å².